The van der Waals surface area contributed by atoms with E-state index in [0.29, 0.717) is 16.7 Å². The molecule has 0 aliphatic carbocycles. The average molecular weight is 298 g/mol. The maximum Gasteiger partial charge on any atom is 0.193 e. The molecule has 0 atom stereocenters. The highest BCUT2D eigenvalue weighted by Crippen LogP contribution is 2.37. The zero-order valence-electron chi connectivity index (χ0n) is 12.1. The van der Waals surface area contributed by atoms with Crippen LogP contribution in [0, 0.1) is 6.92 Å². The summed E-state index contributed by atoms with van der Waals surface area (Å²) in [5, 5.41) is 10.7. The van der Waals surface area contributed by atoms with Crippen molar-refractivity contribution in [1.82, 2.24) is 0 Å². The Kier molecular flexibility index (Phi) is 3.47. The number of benzene rings is 1. The molecule has 1 N–H and O–H groups in total. The highest BCUT2D eigenvalue weighted by atomic mass is 16.5. The minimum absolute atomic E-state index is 0.0935. The molecule has 0 saturated heterocycles. The number of hydrogen-bond acceptors (Lipinski definition) is 5. The van der Waals surface area contributed by atoms with Gasteiger partial charge in [-0.1, -0.05) is 0 Å². The molecule has 22 heavy (non-hydrogen) atoms. The van der Waals surface area contributed by atoms with Gasteiger partial charge in [-0.2, -0.15) is 0 Å². The number of aromatic hydroxyl groups is 1. The summed E-state index contributed by atoms with van der Waals surface area (Å²) in [6.07, 6.45) is 4.36. The van der Waals surface area contributed by atoms with Crippen molar-refractivity contribution < 1.29 is 23.5 Å². The van der Waals surface area contributed by atoms with Crippen molar-refractivity contribution in [3.05, 3.63) is 53.7 Å². The second-order valence-corrected chi connectivity index (χ2v) is 4.78. The van der Waals surface area contributed by atoms with Crippen LogP contribution in [0.3, 0.4) is 0 Å². The maximum atomic E-state index is 12.4. The van der Waals surface area contributed by atoms with E-state index >= 15 is 0 Å². The van der Waals surface area contributed by atoms with Crippen LogP contribution in [0.2, 0.25) is 0 Å². The number of aryl methyl sites for hydroxylation is 1. The second-order valence-electron chi connectivity index (χ2n) is 4.78. The van der Waals surface area contributed by atoms with Gasteiger partial charge in [0.2, 0.25) is 0 Å². The first-order chi connectivity index (χ1) is 10.6. The van der Waals surface area contributed by atoms with Gasteiger partial charge in [0.15, 0.2) is 5.78 Å². The van der Waals surface area contributed by atoms with Crippen molar-refractivity contribution in [2.45, 2.75) is 6.92 Å². The molecule has 2 aromatic heterocycles. The molecule has 3 rings (SSSR count). The van der Waals surface area contributed by atoms with Gasteiger partial charge in [0.1, 0.15) is 34.2 Å². The number of phenolic OH excluding ortho intramolecular Hbond substituents is 1. The van der Waals surface area contributed by atoms with E-state index in [9.17, 15) is 9.90 Å². The third-order valence-corrected chi connectivity index (χ3v) is 3.30. The van der Waals surface area contributed by atoms with Gasteiger partial charge in [-0.15, -0.1) is 0 Å². The summed E-state index contributed by atoms with van der Waals surface area (Å²) in [6, 6.07) is 6.65. The highest BCUT2D eigenvalue weighted by molar-refractivity contribution is 6.13. The van der Waals surface area contributed by atoms with E-state index in [2.05, 4.69) is 0 Å². The zero-order valence-corrected chi connectivity index (χ0v) is 12.1. The lowest BCUT2D eigenvalue weighted by Crippen LogP contribution is -2.00. The minimum Gasteiger partial charge on any atom is -0.507 e. The van der Waals surface area contributed by atoms with E-state index in [0.717, 1.165) is 5.76 Å². The monoisotopic (exact) mass is 298 g/mol. The maximum absolute atomic E-state index is 12.4. The van der Waals surface area contributed by atoms with Gasteiger partial charge in [0, 0.05) is 6.07 Å². The molecule has 112 valence electrons. The first-order valence-electron chi connectivity index (χ1n) is 6.66. The normalized spacial score (nSPS) is 11.4. The van der Waals surface area contributed by atoms with Crippen molar-refractivity contribution in [2.75, 3.05) is 7.11 Å². The second kappa shape index (κ2) is 5.44. The van der Waals surface area contributed by atoms with Crippen LogP contribution in [0.5, 0.6) is 11.5 Å². The van der Waals surface area contributed by atoms with E-state index in [1.807, 2.05) is 6.92 Å². The molecule has 0 fully saturated rings. The van der Waals surface area contributed by atoms with Gasteiger partial charge in [-0.25, -0.2) is 0 Å². The van der Waals surface area contributed by atoms with Crippen molar-refractivity contribution in [2.24, 2.45) is 0 Å². The number of furan rings is 2. The number of rotatable bonds is 4. The van der Waals surface area contributed by atoms with Crippen molar-refractivity contribution in [3.63, 3.8) is 0 Å². The van der Waals surface area contributed by atoms with Crippen molar-refractivity contribution >= 4 is 22.8 Å². The fourth-order valence-corrected chi connectivity index (χ4v) is 2.30. The molecular weight excluding hydrogens is 284 g/mol. The van der Waals surface area contributed by atoms with Crippen LogP contribution < -0.4 is 4.74 Å². The van der Waals surface area contributed by atoms with Crippen LogP contribution in [0.4, 0.5) is 0 Å². The standard InChI is InChI=1S/C17H14O5/c1-10-3-4-11(22-10)5-6-13(18)16-14(19)9-15-12(7-8-21-15)17(16)20-2/h3-9,19H,1-2H3/b6-5+. The summed E-state index contributed by atoms with van der Waals surface area (Å²) in [4.78, 5) is 12.4. The molecule has 1 aromatic carbocycles. The van der Waals surface area contributed by atoms with Gasteiger partial charge in [0.05, 0.1) is 18.8 Å². The zero-order chi connectivity index (χ0) is 15.7. The number of methoxy groups -OCH3 is 1. The van der Waals surface area contributed by atoms with E-state index in [-0.39, 0.29) is 22.8 Å². The summed E-state index contributed by atoms with van der Waals surface area (Å²) in [5.41, 5.74) is 0.549. The minimum atomic E-state index is -0.383. The third kappa shape index (κ3) is 2.37. The smallest absolute Gasteiger partial charge is 0.193 e. The summed E-state index contributed by atoms with van der Waals surface area (Å²) in [6.45, 7) is 1.82. The predicted molar refractivity (Wildman–Crippen MR) is 81.2 cm³/mol. The Balaban J connectivity index is 2.03. The van der Waals surface area contributed by atoms with Crippen LogP contribution in [0.25, 0.3) is 17.0 Å². The SMILES string of the molecule is COc1c(C(=O)/C=C/c2ccc(C)o2)c(O)cc2occc12. The number of carbonyl (C=O) groups excluding carboxylic acids is 1. The number of phenols is 1. The van der Waals surface area contributed by atoms with E-state index in [1.54, 1.807) is 24.3 Å². The molecule has 2 heterocycles. The van der Waals surface area contributed by atoms with Gasteiger partial charge in [0.25, 0.3) is 0 Å². The Hall–Kier alpha value is -2.95. The van der Waals surface area contributed by atoms with Crippen molar-refractivity contribution in [3.8, 4) is 11.5 Å². The molecule has 0 aliphatic heterocycles. The molecule has 0 radical (unpaired) electrons. The Morgan fingerprint density at radius 1 is 1.32 bits per heavy atom. The molecule has 0 saturated carbocycles. The average Bonchev–Trinajstić information content (AvgIpc) is 3.11. The van der Waals surface area contributed by atoms with Crippen LogP contribution in [-0.2, 0) is 0 Å². The summed E-state index contributed by atoms with van der Waals surface area (Å²) in [7, 11) is 1.44. The van der Waals surface area contributed by atoms with Gasteiger partial charge < -0.3 is 18.7 Å². The number of carbonyl (C=O) groups is 1. The lowest BCUT2D eigenvalue weighted by Gasteiger charge is -2.08. The third-order valence-electron chi connectivity index (χ3n) is 3.30. The Labute approximate surface area is 126 Å². The lowest BCUT2D eigenvalue weighted by atomic mass is 10.0. The van der Waals surface area contributed by atoms with Gasteiger partial charge >= 0.3 is 0 Å². The van der Waals surface area contributed by atoms with E-state index < -0.39 is 0 Å². The summed E-state index contributed by atoms with van der Waals surface area (Å²) >= 11 is 0. The molecule has 0 aliphatic rings. The first kappa shape index (κ1) is 14.0. The molecule has 5 nitrogen and oxygen atoms in total. The molecule has 0 unspecified atom stereocenters. The fourth-order valence-electron chi connectivity index (χ4n) is 2.30. The van der Waals surface area contributed by atoms with Crippen LogP contribution in [-0.4, -0.2) is 18.0 Å². The first-order valence-corrected chi connectivity index (χ1v) is 6.66. The predicted octanol–water partition coefficient (Wildman–Crippen LogP) is 3.94. The van der Waals surface area contributed by atoms with Crippen LogP contribution >= 0.6 is 0 Å². The summed E-state index contributed by atoms with van der Waals surface area (Å²) in [5.74, 6) is 1.03. The summed E-state index contributed by atoms with van der Waals surface area (Å²) < 4.78 is 15.9. The topological polar surface area (TPSA) is 72.8 Å². The van der Waals surface area contributed by atoms with E-state index in [4.69, 9.17) is 13.6 Å². The number of allylic oxidation sites excluding steroid dienone is 1. The molecular formula is C17H14O5. The Bertz CT molecular complexity index is 866. The number of hydrogen-bond donors (Lipinski definition) is 1. The van der Waals surface area contributed by atoms with Crippen molar-refractivity contribution in [1.29, 1.82) is 0 Å². The Morgan fingerprint density at radius 3 is 2.82 bits per heavy atom. The number of ketones is 1. The van der Waals surface area contributed by atoms with Gasteiger partial charge in [-0.05, 0) is 37.3 Å². The fraction of sp³-hybridized carbons (Fsp3) is 0.118. The van der Waals surface area contributed by atoms with Crippen LogP contribution in [0.15, 0.2) is 45.4 Å². The largest absolute Gasteiger partial charge is 0.507 e. The molecule has 5 heteroatoms. The lowest BCUT2D eigenvalue weighted by molar-refractivity contribution is 0.104. The highest BCUT2D eigenvalue weighted by Gasteiger charge is 2.20. The van der Waals surface area contributed by atoms with Gasteiger partial charge in [-0.3, -0.25) is 4.79 Å². The van der Waals surface area contributed by atoms with Crippen LogP contribution in [0.1, 0.15) is 21.9 Å². The molecule has 0 bridgehead atoms. The van der Waals surface area contributed by atoms with E-state index in [1.165, 1.54) is 25.5 Å². The quantitative estimate of drug-likeness (QED) is 0.583. The number of ether oxygens (including phenoxy) is 1. The number of fused-ring (bicyclic) bond motifs is 1. The molecule has 0 amide bonds. The Morgan fingerprint density at radius 2 is 2.14 bits per heavy atom. The molecule has 3 aromatic rings. The molecule has 0 spiro atoms.